The van der Waals surface area contributed by atoms with Gasteiger partial charge in [-0.15, -0.1) is 0 Å². The van der Waals surface area contributed by atoms with Gasteiger partial charge in [0.1, 0.15) is 18.0 Å². The van der Waals surface area contributed by atoms with Crippen molar-refractivity contribution in [3.63, 3.8) is 0 Å². The Labute approximate surface area is 186 Å². The number of unbranched alkanes of at least 4 members (excludes halogenated alkanes) is 1. The van der Waals surface area contributed by atoms with Crippen LogP contribution in [0.2, 0.25) is 0 Å². The molecule has 0 radical (unpaired) electrons. The quantitative estimate of drug-likeness (QED) is 0.266. The lowest BCUT2D eigenvalue weighted by atomic mass is 10.0. The highest BCUT2D eigenvalue weighted by atomic mass is 19.1. The third kappa shape index (κ3) is 5.87. The maximum atomic E-state index is 13.4. The van der Waals surface area contributed by atoms with E-state index in [2.05, 4.69) is 5.18 Å². The van der Waals surface area contributed by atoms with E-state index in [0.717, 1.165) is 16.6 Å². The second-order valence-corrected chi connectivity index (χ2v) is 8.76. The number of esters is 1. The Bertz CT molecular complexity index is 1180. The molecule has 32 heavy (non-hydrogen) atoms. The highest BCUT2D eigenvalue weighted by molar-refractivity contribution is 5.83. The Morgan fingerprint density at radius 3 is 2.44 bits per heavy atom. The van der Waals surface area contributed by atoms with Crippen LogP contribution in [0.1, 0.15) is 51.3 Å². The van der Waals surface area contributed by atoms with Crippen molar-refractivity contribution in [2.24, 2.45) is 5.18 Å². The summed E-state index contributed by atoms with van der Waals surface area (Å²) in [6, 6.07) is 12.9. The number of rotatable bonds is 8. The van der Waals surface area contributed by atoms with Gasteiger partial charge in [0, 0.05) is 23.2 Å². The molecule has 6 nitrogen and oxygen atoms in total. The van der Waals surface area contributed by atoms with Crippen LogP contribution >= 0.6 is 0 Å². The molecule has 1 heterocycles. The summed E-state index contributed by atoms with van der Waals surface area (Å²) in [5.74, 6) is -0.634. The van der Waals surface area contributed by atoms with Crippen LogP contribution in [0.25, 0.3) is 16.5 Å². The third-order valence-corrected chi connectivity index (χ3v) is 4.97. The molecule has 0 aliphatic carbocycles. The Hall–Kier alpha value is -3.35. The van der Waals surface area contributed by atoms with Gasteiger partial charge in [-0.2, -0.15) is 4.91 Å². The normalized spacial score (nSPS) is 11.5. The van der Waals surface area contributed by atoms with Gasteiger partial charge in [-0.3, -0.25) is 14.2 Å². The minimum atomic E-state index is -0.521. The zero-order valence-corrected chi connectivity index (χ0v) is 18.6. The van der Waals surface area contributed by atoms with Crippen LogP contribution in [0, 0.1) is 10.7 Å². The van der Waals surface area contributed by atoms with E-state index in [4.69, 9.17) is 4.74 Å². The average Bonchev–Trinajstić information content (AvgIpc) is 2.71. The summed E-state index contributed by atoms with van der Waals surface area (Å²) in [6.07, 6.45) is 2.11. The summed E-state index contributed by atoms with van der Waals surface area (Å²) in [5, 5.41) is 4.14. The van der Waals surface area contributed by atoms with E-state index >= 15 is 0 Å². The SMILES string of the molecule is CC(C)(C)OC(=O)CCCCc1cc2cc(CN=O)ccc2c(=O)n1-c1ccc(F)cc1. The summed E-state index contributed by atoms with van der Waals surface area (Å²) < 4.78 is 20.4. The van der Waals surface area contributed by atoms with E-state index < -0.39 is 5.60 Å². The molecule has 0 unspecified atom stereocenters. The highest BCUT2D eigenvalue weighted by Gasteiger charge is 2.16. The number of ether oxygens (including phenoxy) is 1. The Balaban J connectivity index is 1.91. The molecule has 7 heteroatoms. The second-order valence-electron chi connectivity index (χ2n) is 8.76. The number of aromatic nitrogens is 1. The summed E-state index contributed by atoms with van der Waals surface area (Å²) >= 11 is 0. The van der Waals surface area contributed by atoms with E-state index in [9.17, 15) is 18.9 Å². The van der Waals surface area contributed by atoms with E-state index in [1.165, 1.54) is 12.1 Å². The van der Waals surface area contributed by atoms with Crippen LogP contribution in [-0.4, -0.2) is 16.1 Å². The van der Waals surface area contributed by atoms with E-state index in [-0.39, 0.29) is 23.9 Å². The lowest BCUT2D eigenvalue weighted by Crippen LogP contribution is -2.24. The maximum Gasteiger partial charge on any atom is 0.306 e. The van der Waals surface area contributed by atoms with Crippen LogP contribution in [0.4, 0.5) is 4.39 Å². The minimum absolute atomic E-state index is 0.0300. The molecule has 0 aliphatic heterocycles. The number of halogens is 1. The van der Waals surface area contributed by atoms with Crippen molar-refractivity contribution < 1.29 is 13.9 Å². The number of fused-ring (bicyclic) bond motifs is 1. The van der Waals surface area contributed by atoms with E-state index in [1.54, 1.807) is 34.9 Å². The van der Waals surface area contributed by atoms with Gasteiger partial charge in [-0.05, 0) is 93.4 Å². The predicted octanol–water partition coefficient (Wildman–Crippen LogP) is 5.45. The number of benzene rings is 2. The largest absolute Gasteiger partial charge is 0.460 e. The first-order valence-corrected chi connectivity index (χ1v) is 10.6. The Kier molecular flexibility index (Phi) is 7.18. The summed E-state index contributed by atoms with van der Waals surface area (Å²) in [5.41, 5.74) is 1.30. The molecule has 0 saturated heterocycles. The van der Waals surface area contributed by atoms with Crippen molar-refractivity contribution in [1.82, 2.24) is 4.57 Å². The van der Waals surface area contributed by atoms with Gasteiger partial charge in [0.25, 0.3) is 5.56 Å². The summed E-state index contributed by atoms with van der Waals surface area (Å²) in [7, 11) is 0. The zero-order valence-electron chi connectivity index (χ0n) is 18.6. The number of pyridine rings is 1. The van der Waals surface area contributed by atoms with E-state index in [0.29, 0.717) is 36.8 Å². The van der Waals surface area contributed by atoms with Gasteiger partial charge in [0.15, 0.2) is 0 Å². The number of nitrogens with zero attached hydrogens (tertiary/aromatic N) is 2. The van der Waals surface area contributed by atoms with Crippen LogP contribution in [0.15, 0.2) is 58.5 Å². The van der Waals surface area contributed by atoms with Crippen LogP contribution < -0.4 is 5.56 Å². The second kappa shape index (κ2) is 9.85. The lowest BCUT2D eigenvalue weighted by Gasteiger charge is -2.19. The third-order valence-electron chi connectivity index (χ3n) is 4.97. The van der Waals surface area contributed by atoms with Crippen molar-refractivity contribution in [3.8, 4) is 5.69 Å². The molecule has 0 amide bonds. The molecule has 0 aliphatic rings. The number of carbonyl (C=O) groups excluding carboxylic acids is 1. The maximum absolute atomic E-state index is 13.4. The molecule has 1 aromatic heterocycles. The number of nitroso groups, excluding NO2 is 1. The number of carbonyl (C=O) groups is 1. The molecule has 0 spiro atoms. The van der Waals surface area contributed by atoms with Gasteiger partial charge in [0.2, 0.25) is 0 Å². The zero-order chi connectivity index (χ0) is 23.3. The molecular weight excluding hydrogens is 411 g/mol. The van der Waals surface area contributed by atoms with Crippen molar-refractivity contribution in [2.75, 3.05) is 0 Å². The van der Waals surface area contributed by atoms with Crippen LogP contribution in [0.3, 0.4) is 0 Å². The van der Waals surface area contributed by atoms with Gasteiger partial charge in [0.05, 0.1) is 0 Å². The first-order chi connectivity index (χ1) is 15.2. The van der Waals surface area contributed by atoms with Gasteiger partial charge < -0.3 is 4.74 Å². The molecule has 0 fully saturated rings. The van der Waals surface area contributed by atoms with E-state index in [1.807, 2.05) is 26.8 Å². The molecular formula is C25H27FN2O4. The molecule has 0 atom stereocenters. The molecule has 0 bridgehead atoms. The van der Waals surface area contributed by atoms with Gasteiger partial charge >= 0.3 is 5.97 Å². The Morgan fingerprint density at radius 1 is 1.06 bits per heavy atom. The number of hydrogen-bond donors (Lipinski definition) is 0. The lowest BCUT2D eigenvalue weighted by molar-refractivity contribution is -0.154. The molecule has 168 valence electrons. The molecule has 2 aromatic carbocycles. The van der Waals surface area contributed by atoms with Crippen LogP contribution in [-0.2, 0) is 22.5 Å². The number of hydrogen-bond acceptors (Lipinski definition) is 5. The standard InChI is InChI=1S/C25H27FN2O4/c1-25(2,3)32-23(29)7-5-4-6-21-15-18-14-17(16-27-31)8-13-22(18)24(30)28(21)20-11-9-19(26)10-12-20/h8-15H,4-7,16H2,1-3H3. The minimum Gasteiger partial charge on any atom is -0.460 e. The fourth-order valence-corrected chi connectivity index (χ4v) is 3.62. The average molecular weight is 438 g/mol. The van der Waals surface area contributed by atoms with Gasteiger partial charge in [-0.25, -0.2) is 4.39 Å². The number of aryl methyl sites for hydroxylation is 1. The fourth-order valence-electron chi connectivity index (χ4n) is 3.62. The van der Waals surface area contributed by atoms with Crippen molar-refractivity contribution in [2.45, 2.75) is 58.6 Å². The smallest absolute Gasteiger partial charge is 0.306 e. The van der Waals surface area contributed by atoms with Crippen molar-refractivity contribution in [1.29, 1.82) is 0 Å². The monoisotopic (exact) mass is 438 g/mol. The molecule has 0 N–H and O–H groups in total. The first-order valence-electron chi connectivity index (χ1n) is 10.6. The summed E-state index contributed by atoms with van der Waals surface area (Å²) in [6.45, 7) is 5.52. The fraction of sp³-hybridized carbons (Fsp3) is 0.360. The summed E-state index contributed by atoms with van der Waals surface area (Å²) in [4.78, 5) is 35.9. The first kappa shape index (κ1) is 23.3. The van der Waals surface area contributed by atoms with Gasteiger partial charge in [-0.1, -0.05) is 11.2 Å². The topological polar surface area (TPSA) is 77.7 Å². The Morgan fingerprint density at radius 2 is 1.78 bits per heavy atom. The predicted molar refractivity (Wildman–Crippen MR) is 122 cm³/mol. The molecule has 3 rings (SSSR count). The molecule has 0 saturated carbocycles. The van der Waals surface area contributed by atoms with Crippen molar-refractivity contribution >= 4 is 16.7 Å². The van der Waals surface area contributed by atoms with Crippen LogP contribution in [0.5, 0.6) is 0 Å². The molecule has 3 aromatic rings. The highest BCUT2D eigenvalue weighted by Crippen LogP contribution is 2.20. The van der Waals surface area contributed by atoms with Crippen molar-refractivity contribution in [3.05, 3.63) is 80.9 Å².